The van der Waals surface area contributed by atoms with E-state index in [9.17, 15) is 9.59 Å². The van der Waals surface area contributed by atoms with Crippen molar-refractivity contribution in [2.45, 2.75) is 45.3 Å². The minimum atomic E-state index is -0.0557. The first-order chi connectivity index (χ1) is 15.0. The molecule has 0 saturated heterocycles. The van der Waals surface area contributed by atoms with Gasteiger partial charge in [0.05, 0.1) is 16.7 Å². The molecule has 0 bridgehead atoms. The van der Waals surface area contributed by atoms with Crippen LogP contribution in [0.5, 0.6) is 0 Å². The molecule has 0 saturated carbocycles. The van der Waals surface area contributed by atoms with Gasteiger partial charge < -0.3 is 0 Å². The number of rotatable bonds is 8. The topological polar surface area (TPSA) is 69.3 Å². The fourth-order valence-corrected chi connectivity index (χ4v) is 4.39. The lowest BCUT2D eigenvalue weighted by Gasteiger charge is -2.12. The third-order valence-corrected chi connectivity index (χ3v) is 6.35. The Bertz CT molecular complexity index is 1290. The van der Waals surface area contributed by atoms with E-state index in [2.05, 4.69) is 31.0 Å². The Hall–Kier alpha value is -2.93. The zero-order chi connectivity index (χ0) is 22.0. The summed E-state index contributed by atoms with van der Waals surface area (Å²) < 4.78 is 3.60. The van der Waals surface area contributed by atoms with Crippen LogP contribution in [0.2, 0.25) is 0 Å². The summed E-state index contributed by atoms with van der Waals surface area (Å²) in [5, 5.41) is 9.90. The Morgan fingerprint density at radius 2 is 1.81 bits per heavy atom. The van der Waals surface area contributed by atoms with Crippen molar-refractivity contribution in [2.24, 2.45) is 5.92 Å². The van der Waals surface area contributed by atoms with Crippen LogP contribution in [-0.4, -0.2) is 30.7 Å². The number of nitrogens with zero attached hydrogens (tertiary/aromatic N) is 4. The van der Waals surface area contributed by atoms with E-state index in [1.165, 1.54) is 17.3 Å². The average molecular weight is 435 g/mol. The Balaban J connectivity index is 1.70. The maximum Gasteiger partial charge on any atom is 0.262 e. The first kappa shape index (κ1) is 21.3. The molecule has 2 aromatic heterocycles. The van der Waals surface area contributed by atoms with Gasteiger partial charge in [-0.25, -0.2) is 0 Å². The smallest absolute Gasteiger partial charge is 0.262 e. The standard InChI is InChI=1S/C24H26N4O2S/c1-4-17-9-11-18(12-10-17)21(29)15-31-24-26-25-23-27(14-13-16(2)3)22(30)19-7-5-6-8-20(19)28(23)24/h5-12,16H,4,13-15H2,1-3H3. The number of hydrogen-bond donors (Lipinski definition) is 0. The lowest BCUT2D eigenvalue weighted by molar-refractivity contribution is 0.102. The highest BCUT2D eigenvalue weighted by molar-refractivity contribution is 7.99. The monoisotopic (exact) mass is 434 g/mol. The highest BCUT2D eigenvalue weighted by Crippen LogP contribution is 2.23. The summed E-state index contributed by atoms with van der Waals surface area (Å²) in [6, 6.07) is 15.2. The average Bonchev–Trinajstić information content (AvgIpc) is 3.21. The zero-order valence-corrected chi connectivity index (χ0v) is 18.9. The summed E-state index contributed by atoms with van der Waals surface area (Å²) in [5.74, 6) is 1.28. The third-order valence-electron chi connectivity index (χ3n) is 5.42. The van der Waals surface area contributed by atoms with Gasteiger partial charge in [0.15, 0.2) is 10.9 Å². The summed E-state index contributed by atoms with van der Waals surface area (Å²) in [6.07, 6.45) is 1.82. The molecule has 31 heavy (non-hydrogen) atoms. The van der Waals surface area contributed by atoms with Gasteiger partial charge in [0, 0.05) is 12.1 Å². The number of para-hydroxylation sites is 1. The Labute approximate surface area is 185 Å². The van der Waals surface area contributed by atoms with Crippen molar-refractivity contribution < 1.29 is 4.79 Å². The quantitative estimate of drug-likeness (QED) is 0.299. The van der Waals surface area contributed by atoms with E-state index in [1.54, 1.807) is 4.57 Å². The summed E-state index contributed by atoms with van der Waals surface area (Å²) in [5.41, 5.74) is 2.60. The fourth-order valence-electron chi connectivity index (χ4n) is 3.56. The number of carbonyl (C=O) groups excluding carboxylic acids is 1. The number of thioether (sulfide) groups is 1. The molecule has 0 atom stereocenters. The Morgan fingerprint density at radius 1 is 1.06 bits per heavy atom. The summed E-state index contributed by atoms with van der Waals surface area (Å²) >= 11 is 1.35. The largest absolute Gasteiger partial charge is 0.293 e. The van der Waals surface area contributed by atoms with Gasteiger partial charge in [-0.2, -0.15) is 0 Å². The van der Waals surface area contributed by atoms with Crippen molar-refractivity contribution in [1.29, 1.82) is 0 Å². The van der Waals surface area contributed by atoms with E-state index < -0.39 is 0 Å². The fraction of sp³-hybridized carbons (Fsp3) is 0.333. The van der Waals surface area contributed by atoms with Gasteiger partial charge >= 0.3 is 0 Å². The van der Waals surface area contributed by atoms with Crippen molar-refractivity contribution in [3.05, 3.63) is 70.0 Å². The molecule has 0 aliphatic rings. The predicted octanol–water partition coefficient (Wildman–Crippen LogP) is 4.63. The van der Waals surface area contributed by atoms with E-state index in [1.807, 2.05) is 52.9 Å². The van der Waals surface area contributed by atoms with Gasteiger partial charge in [0.1, 0.15) is 0 Å². The minimum Gasteiger partial charge on any atom is -0.293 e. The first-order valence-electron chi connectivity index (χ1n) is 10.6. The summed E-state index contributed by atoms with van der Waals surface area (Å²) in [6.45, 7) is 6.94. The van der Waals surface area contributed by atoms with Crippen molar-refractivity contribution in [2.75, 3.05) is 5.75 Å². The molecule has 0 aliphatic carbocycles. The number of benzene rings is 2. The van der Waals surface area contributed by atoms with E-state index in [0.29, 0.717) is 34.3 Å². The van der Waals surface area contributed by atoms with E-state index >= 15 is 0 Å². The maximum absolute atomic E-state index is 13.1. The van der Waals surface area contributed by atoms with Crippen LogP contribution in [0.1, 0.15) is 43.1 Å². The molecule has 0 radical (unpaired) electrons. The minimum absolute atomic E-state index is 0.0434. The molecule has 0 spiro atoms. The second-order valence-corrected chi connectivity index (χ2v) is 8.98. The van der Waals surface area contributed by atoms with Crippen molar-refractivity contribution in [3.63, 3.8) is 0 Å². The van der Waals surface area contributed by atoms with Crippen LogP contribution in [0.25, 0.3) is 16.7 Å². The van der Waals surface area contributed by atoms with Crippen LogP contribution in [0.15, 0.2) is 58.5 Å². The highest BCUT2D eigenvalue weighted by Gasteiger charge is 2.18. The molecule has 0 fully saturated rings. The second-order valence-electron chi connectivity index (χ2n) is 8.04. The van der Waals surface area contributed by atoms with E-state index in [4.69, 9.17) is 0 Å². The highest BCUT2D eigenvalue weighted by atomic mass is 32.2. The molecule has 2 heterocycles. The SMILES string of the molecule is CCc1ccc(C(=O)CSc2nnc3n(CCC(C)C)c(=O)c4ccccc4n23)cc1. The van der Waals surface area contributed by atoms with E-state index in [0.717, 1.165) is 18.4 Å². The van der Waals surface area contributed by atoms with Crippen LogP contribution in [0.4, 0.5) is 0 Å². The molecule has 0 aliphatic heterocycles. The molecule has 4 rings (SSSR count). The second kappa shape index (κ2) is 9.06. The Kier molecular flexibility index (Phi) is 6.23. The van der Waals surface area contributed by atoms with Gasteiger partial charge in [0.2, 0.25) is 5.78 Å². The van der Waals surface area contributed by atoms with Crippen LogP contribution in [0.3, 0.4) is 0 Å². The molecule has 0 amide bonds. The molecule has 6 nitrogen and oxygen atoms in total. The summed E-state index contributed by atoms with van der Waals surface area (Å²) in [7, 11) is 0. The molecule has 160 valence electrons. The van der Waals surface area contributed by atoms with Crippen molar-refractivity contribution in [1.82, 2.24) is 19.2 Å². The van der Waals surface area contributed by atoms with Crippen molar-refractivity contribution in [3.8, 4) is 0 Å². The number of carbonyl (C=O) groups is 1. The first-order valence-corrected chi connectivity index (χ1v) is 11.6. The summed E-state index contributed by atoms with van der Waals surface area (Å²) in [4.78, 5) is 25.8. The lowest BCUT2D eigenvalue weighted by Crippen LogP contribution is -2.24. The number of aryl methyl sites for hydroxylation is 2. The molecular weight excluding hydrogens is 408 g/mol. The van der Waals surface area contributed by atoms with Gasteiger partial charge in [0.25, 0.3) is 5.56 Å². The number of hydrogen-bond acceptors (Lipinski definition) is 5. The third kappa shape index (κ3) is 4.28. The maximum atomic E-state index is 13.1. The zero-order valence-electron chi connectivity index (χ0n) is 18.0. The van der Waals surface area contributed by atoms with Crippen LogP contribution in [0, 0.1) is 5.92 Å². The van der Waals surface area contributed by atoms with Crippen molar-refractivity contribution >= 4 is 34.2 Å². The van der Waals surface area contributed by atoms with Crippen LogP contribution >= 0.6 is 11.8 Å². The van der Waals surface area contributed by atoms with E-state index in [-0.39, 0.29) is 17.1 Å². The number of Topliss-reactive ketones (excluding diaryl/α,β-unsaturated/α-hetero) is 1. The molecule has 2 aromatic carbocycles. The molecular formula is C24H26N4O2S. The normalized spacial score (nSPS) is 11.6. The molecule has 4 aromatic rings. The lowest BCUT2D eigenvalue weighted by atomic mass is 10.1. The number of fused-ring (bicyclic) bond motifs is 3. The number of aromatic nitrogens is 4. The predicted molar refractivity (Wildman–Crippen MR) is 125 cm³/mol. The molecule has 0 N–H and O–H groups in total. The Morgan fingerprint density at radius 3 is 2.52 bits per heavy atom. The van der Waals surface area contributed by atoms with Gasteiger partial charge in [-0.05, 0) is 36.5 Å². The van der Waals surface area contributed by atoms with Crippen LogP contribution < -0.4 is 5.56 Å². The van der Waals surface area contributed by atoms with Gasteiger partial charge in [-0.1, -0.05) is 68.9 Å². The van der Waals surface area contributed by atoms with Gasteiger partial charge in [-0.15, -0.1) is 10.2 Å². The molecule has 0 unspecified atom stereocenters. The molecule has 7 heteroatoms. The number of ketones is 1. The van der Waals surface area contributed by atoms with Gasteiger partial charge in [-0.3, -0.25) is 18.6 Å². The van der Waals surface area contributed by atoms with Crippen LogP contribution in [-0.2, 0) is 13.0 Å².